The van der Waals surface area contributed by atoms with Gasteiger partial charge in [0.1, 0.15) is 6.10 Å². The van der Waals surface area contributed by atoms with Gasteiger partial charge in [-0.1, -0.05) is 30.3 Å². The summed E-state index contributed by atoms with van der Waals surface area (Å²) in [5.74, 6) is 0.0698. The number of likely N-dealkylation sites (tertiary alicyclic amines) is 1. The molecule has 1 amide bonds. The van der Waals surface area contributed by atoms with Gasteiger partial charge in [0.05, 0.1) is 6.61 Å². The number of ether oxygens (including phenoxy) is 1. The Bertz CT molecular complexity index is 435. The first-order valence-corrected chi connectivity index (χ1v) is 7.29. The number of piperidine rings is 1. The highest BCUT2D eigenvalue weighted by atomic mass is 16.5. The minimum atomic E-state index is -0.410. The first kappa shape index (κ1) is 15.0. The van der Waals surface area contributed by atoms with Crippen LogP contribution in [0.1, 0.15) is 32.3 Å². The van der Waals surface area contributed by atoms with Gasteiger partial charge in [0.25, 0.3) is 5.91 Å². The van der Waals surface area contributed by atoms with Crippen LogP contribution in [0.4, 0.5) is 0 Å². The highest BCUT2D eigenvalue weighted by Gasteiger charge is 2.30. The minimum absolute atomic E-state index is 0.0698. The van der Waals surface area contributed by atoms with Crippen molar-refractivity contribution in [1.29, 1.82) is 0 Å². The lowest BCUT2D eigenvalue weighted by atomic mass is 9.98. The molecule has 0 bridgehead atoms. The van der Waals surface area contributed by atoms with Crippen molar-refractivity contribution in [3.8, 4) is 0 Å². The standard InChI is InChI=1S/C16H24N2O2/c1-12-10-15(17)8-9-18(12)16(19)13(2)20-11-14-6-4-3-5-7-14/h3-7,12-13,15H,8-11,17H2,1-2H3. The molecule has 2 rings (SSSR count). The SMILES string of the molecule is CC(OCc1ccccc1)C(=O)N1CCC(N)CC1C. The van der Waals surface area contributed by atoms with Gasteiger partial charge in [-0.15, -0.1) is 0 Å². The number of carbonyl (C=O) groups is 1. The Kier molecular flexibility index (Phi) is 5.15. The van der Waals surface area contributed by atoms with Gasteiger partial charge in [-0.2, -0.15) is 0 Å². The zero-order chi connectivity index (χ0) is 14.5. The van der Waals surface area contributed by atoms with Crippen molar-refractivity contribution >= 4 is 5.91 Å². The summed E-state index contributed by atoms with van der Waals surface area (Å²) in [5.41, 5.74) is 7.01. The van der Waals surface area contributed by atoms with Gasteiger partial charge < -0.3 is 15.4 Å². The predicted molar refractivity (Wildman–Crippen MR) is 79.1 cm³/mol. The monoisotopic (exact) mass is 276 g/mol. The van der Waals surface area contributed by atoms with Crippen LogP contribution in [0.3, 0.4) is 0 Å². The third-order valence-electron chi connectivity index (χ3n) is 3.89. The summed E-state index contributed by atoms with van der Waals surface area (Å²) in [5, 5.41) is 0. The van der Waals surface area contributed by atoms with E-state index in [1.54, 1.807) is 0 Å². The topological polar surface area (TPSA) is 55.6 Å². The number of nitrogens with two attached hydrogens (primary N) is 1. The molecule has 3 unspecified atom stereocenters. The Morgan fingerprint density at radius 2 is 2.15 bits per heavy atom. The normalized spacial score (nSPS) is 24.4. The molecule has 0 spiro atoms. The summed E-state index contributed by atoms with van der Waals surface area (Å²) in [4.78, 5) is 14.3. The lowest BCUT2D eigenvalue weighted by Gasteiger charge is -2.37. The Labute approximate surface area is 120 Å². The maximum absolute atomic E-state index is 12.4. The number of hydrogen-bond acceptors (Lipinski definition) is 3. The molecule has 0 radical (unpaired) electrons. The van der Waals surface area contributed by atoms with Crippen molar-refractivity contribution in [2.45, 2.75) is 51.5 Å². The van der Waals surface area contributed by atoms with E-state index in [-0.39, 0.29) is 18.0 Å². The highest BCUT2D eigenvalue weighted by Crippen LogP contribution is 2.18. The van der Waals surface area contributed by atoms with Crippen LogP contribution in [0, 0.1) is 0 Å². The van der Waals surface area contributed by atoms with Gasteiger partial charge in [0.2, 0.25) is 0 Å². The Hall–Kier alpha value is -1.39. The Morgan fingerprint density at radius 1 is 1.45 bits per heavy atom. The van der Waals surface area contributed by atoms with E-state index < -0.39 is 6.10 Å². The van der Waals surface area contributed by atoms with Crippen LogP contribution in [0.2, 0.25) is 0 Å². The molecule has 2 N–H and O–H groups in total. The van der Waals surface area contributed by atoms with Crippen LogP contribution in [0.25, 0.3) is 0 Å². The van der Waals surface area contributed by atoms with Gasteiger partial charge in [0.15, 0.2) is 0 Å². The van der Waals surface area contributed by atoms with Crippen LogP contribution < -0.4 is 5.73 Å². The lowest BCUT2D eigenvalue weighted by molar-refractivity contribution is -0.147. The van der Waals surface area contributed by atoms with Crippen LogP contribution in [0.15, 0.2) is 30.3 Å². The van der Waals surface area contributed by atoms with E-state index in [0.717, 1.165) is 24.9 Å². The summed E-state index contributed by atoms with van der Waals surface area (Å²) in [6, 6.07) is 10.3. The Balaban J connectivity index is 1.85. The molecule has 3 atom stereocenters. The molecule has 1 aromatic rings. The van der Waals surface area contributed by atoms with Crippen molar-refractivity contribution in [2.75, 3.05) is 6.54 Å². The molecule has 0 aromatic heterocycles. The maximum Gasteiger partial charge on any atom is 0.251 e. The van der Waals surface area contributed by atoms with Gasteiger partial charge in [-0.05, 0) is 32.3 Å². The molecule has 4 heteroatoms. The quantitative estimate of drug-likeness (QED) is 0.914. The van der Waals surface area contributed by atoms with E-state index in [2.05, 4.69) is 6.92 Å². The minimum Gasteiger partial charge on any atom is -0.364 e. The molecule has 20 heavy (non-hydrogen) atoms. The summed E-state index contributed by atoms with van der Waals surface area (Å²) in [6.45, 7) is 5.09. The molecule has 0 saturated carbocycles. The number of carbonyl (C=O) groups excluding carboxylic acids is 1. The third kappa shape index (κ3) is 3.81. The fraction of sp³-hybridized carbons (Fsp3) is 0.562. The number of hydrogen-bond donors (Lipinski definition) is 1. The van der Waals surface area contributed by atoms with E-state index in [0.29, 0.717) is 6.61 Å². The van der Waals surface area contributed by atoms with Gasteiger partial charge in [-0.3, -0.25) is 4.79 Å². The lowest BCUT2D eigenvalue weighted by Crippen LogP contribution is -2.51. The molecule has 110 valence electrons. The van der Waals surface area contributed by atoms with E-state index in [1.165, 1.54) is 0 Å². The number of benzene rings is 1. The van der Waals surface area contributed by atoms with E-state index >= 15 is 0 Å². The fourth-order valence-corrected chi connectivity index (χ4v) is 2.64. The van der Waals surface area contributed by atoms with Crippen molar-refractivity contribution in [1.82, 2.24) is 4.90 Å². The summed E-state index contributed by atoms with van der Waals surface area (Å²) < 4.78 is 5.70. The largest absolute Gasteiger partial charge is 0.364 e. The molecule has 1 saturated heterocycles. The molecular weight excluding hydrogens is 252 g/mol. The molecule has 1 fully saturated rings. The van der Waals surface area contributed by atoms with Crippen LogP contribution in [0.5, 0.6) is 0 Å². The van der Waals surface area contributed by atoms with Crippen molar-refractivity contribution in [3.63, 3.8) is 0 Å². The second-order valence-electron chi connectivity index (χ2n) is 5.60. The molecule has 1 aliphatic heterocycles. The zero-order valence-corrected chi connectivity index (χ0v) is 12.3. The second-order valence-corrected chi connectivity index (χ2v) is 5.60. The molecule has 0 aliphatic carbocycles. The predicted octanol–water partition coefficient (Wildman–Crippen LogP) is 1.93. The average molecular weight is 276 g/mol. The van der Waals surface area contributed by atoms with Crippen molar-refractivity contribution < 1.29 is 9.53 Å². The van der Waals surface area contributed by atoms with Crippen molar-refractivity contribution in [3.05, 3.63) is 35.9 Å². The molecule has 4 nitrogen and oxygen atoms in total. The van der Waals surface area contributed by atoms with Gasteiger partial charge >= 0.3 is 0 Å². The molecular formula is C16H24N2O2. The smallest absolute Gasteiger partial charge is 0.251 e. The molecule has 1 aliphatic rings. The maximum atomic E-state index is 12.4. The molecule has 1 aromatic carbocycles. The van der Waals surface area contributed by atoms with Gasteiger partial charge in [0, 0.05) is 18.6 Å². The number of nitrogens with zero attached hydrogens (tertiary/aromatic N) is 1. The zero-order valence-electron chi connectivity index (χ0n) is 12.3. The first-order chi connectivity index (χ1) is 9.58. The number of amides is 1. The second kappa shape index (κ2) is 6.86. The van der Waals surface area contributed by atoms with Gasteiger partial charge in [-0.25, -0.2) is 0 Å². The van der Waals surface area contributed by atoms with Crippen LogP contribution >= 0.6 is 0 Å². The summed E-state index contributed by atoms with van der Waals surface area (Å²) in [6.07, 6.45) is 1.34. The summed E-state index contributed by atoms with van der Waals surface area (Å²) in [7, 11) is 0. The van der Waals surface area contributed by atoms with Crippen LogP contribution in [-0.2, 0) is 16.1 Å². The van der Waals surface area contributed by atoms with Crippen molar-refractivity contribution in [2.24, 2.45) is 5.73 Å². The molecule has 1 heterocycles. The number of rotatable bonds is 4. The van der Waals surface area contributed by atoms with E-state index in [1.807, 2.05) is 42.2 Å². The Morgan fingerprint density at radius 3 is 2.80 bits per heavy atom. The summed E-state index contributed by atoms with van der Waals surface area (Å²) >= 11 is 0. The first-order valence-electron chi connectivity index (χ1n) is 7.29. The third-order valence-corrected chi connectivity index (χ3v) is 3.89. The fourth-order valence-electron chi connectivity index (χ4n) is 2.64. The van der Waals surface area contributed by atoms with E-state index in [9.17, 15) is 4.79 Å². The van der Waals surface area contributed by atoms with Crippen LogP contribution in [-0.4, -0.2) is 35.5 Å². The van der Waals surface area contributed by atoms with E-state index in [4.69, 9.17) is 10.5 Å². The average Bonchev–Trinajstić information content (AvgIpc) is 2.45. The highest BCUT2D eigenvalue weighted by molar-refractivity contribution is 5.81.